The van der Waals surface area contributed by atoms with Crippen LogP contribution in [0.5, 0.6) is 0 Å². The highest BCUT2D eigenvalue weighted by molar-refractivity contribution is 7.80. The first-order chi connectivity index (χ1) is 11.1. The number of hydrogen-bond acceptors (Lipinski definition) is 1. The fourth-order valence-corrected chi connectivity index (χ4v) is 2.92. The fraction of sp³-hybridized carbons (Fsp3) is 0.167. The van der Waals surface area contributed by atoms with E-state index >= 15 is 0 Å². The lowest BCUT2D eigenvalue weighted by molar-refractivity contribution is 0.628. The van der Waals surface area contributed by atoms with E-state index in [1.54, 1.807) is 12.1 Å². The Morgan fingerprint density at radius 3 is 2.83 bits per heavy atom. The minimum absolute atomic E-state index is 0.285. The van der Waals surface area contributed by atoms with E-state index in [4.69, 9.17) is 12.2 Å². The number of anilines is 1. The fourth-order valence-electron chi connectivity index (χ4n) is 2.70. The van der Waals surface area contributed by atoms with E-state index in [0.29, 0.717) is 17.3 Å². The molecule has 3 rings (SSSR count). The zero-order valence-corrected chi connectivity index (χ0v) is 13.6. The highest BCUT2D eigenvalue weighted by Gasteiger charge is 2.07. The summed E-state index contributed by atoms with van der Waals surface area (Å²) in [6.07, 6.45) is 0.862. The van der Waals surface area contributed by atoms with Crippen molar-refractivity contribution in [1.82, 2.24) is 10.3 Å². The molecule has 0 spiro atoms. The van der Waals surface area contributed by atoms with Gasteiger partial charge < -0.3 is 15.6 Å². The standard InChI is InChI=1S/C18H18FN3S/c1-12-15(16-7-2-3-8-17(16)21-12)9-10-20-18(23)22-14-6-4-5-13(19)11-14/h2-8,11,21H,9-10H2,1H3,(H2,20,22,23). The second-order valence-corrected chi connectivity index (χ2v) is 5.82. The molecule has 3 nitrogen and oxygen atoms in total. The third kappa shape index (κ3) is 3.68. The van der Waals surface area contributed by atoms with Crippen molar-refractivity contribution in [2.75, 3.05) is 11.9 Å². The molecule has 5 heteroatoms. The van der Waals surface area contributed by atoms with Crippen LogP contribution >= 0.6 is 12.2 Å². The third-order valence-electron chi connectivity index (χ3n) is 3.77. The van der Waals surface area contributed by atoms with Crippen molar-refractivity contribution in [3.8, 4) is 0 Å². The van der Waals surface area contributed by atoms with Gasteiger partial charge in [-0.3, -0.25) is 0 Å². The minimum Gasteiger partial charge on any atom is -0.362 e. The topological polar surface area (TPSA) is 39.9 Å². The van der Waals surface area contributed by atoms with Gasteiger partial charge in [-0.2, -0.15) is 0 Å². The van der Waals surface area contributed by atoms with Gasteiger partial charge in [0.25, 0.3) is 0 Å². The number of para-hydroxylation sites is 1. The molecule has 0 unspecified atom stereocenters. The predicted octanol–water partition coefficient (Wildman–Crippen LogP) is 4.14. The molecule has 2 aromatic carbocycles. The molecule has 0 aliphatic heterocycles. The Balaban J connectivity index is 1.58. The second kappa shape index (κ2) is 6.79. The summed E-state index contributed by atoms with van der Waals surface area (Å²) in [6, 6.07) is 14.5. The molecule has 0 radical (unpaired) electrons. The molecule has 118 valence electrons. The first-order valence-corrected chi connectivity index (χ1v) is 7.91. The Bertz CT molecular complexity index is 841. The lowest BCUT2D eigenvalue weighted by Crippen LogP contribution is -2.30. The number of benzene rings is 2. The molecular weight excluding hydrogens is 309 g/mol. The molecule has 0 amide bonds. The maximum absolute atomic E-state index is 13.1. The number of aromatic nitrogens is 1. The molecule has 0 saturated heterocycles. The zero-order chi connectivity index (χ0) is 16.2. The van der Waals surface area contributed by atoms with Crippen molar-refractivity contribution in [2.24, 2.45) is 0 Å². The molecular formula is C18H18FN3S. The van der Waals surface area contributed by atoms with Gasteiger partial charge in [-0.15, -0.1) is 0 Å². The molecule has 0 aliphatic rings. The highest BCUT2D eigenvalue weighted by Crippen LogP contribution is 2.21. The van der Waals surface area contributed by atoms with Gasteiger partial charge in [0, 0.05) is 28.8 Å². The second-order valence-electron chi connectivity index (χ2n) is 5.42. The van der Waals surface area contributed by atoms with Crippen molar-refractivity contribution in [2.45, 2.75) is 13.3 Å². The van der Waals surface area contributed by atoms with E-state index in [1.165, 1.54) is 28.8 Å². The quantitative estimate of drug-likeness (QED) is 0.631. The first-order valence-electron chi connectivity index (χ1n) is 7.50. The Hall–Kier alpha value is -2.40. The molecule has 0 fully saturated rings. The summed E-state index contributed by atoms with van der Waals surface area (Å²) in [5, 5.41) is 7.89. The average Bonchev–Trinajstić information content (AvgIpc) is 2.83. The number of fused-ring (bicyclic) bond motifs is 1. The summed E-state index contributed by atoms with van der Waals surface area (Å²) in [5.74, 6) is -0.285. The van der Waals surface area contributed by atoms with Crippen LogP contribution in [-0.2, 0) is 6.42 Å². The maximum atomic E-state index is 13.1. The van der Waals surface area contributed by atoms with Gasteiger partial charge in [0.2, 0.25) is 0 Å². The van der Waals surface area contributed by atoms with Crippen LogP contribution in [0, 0.1) is 12.7 Å². The van der Waals surface area contributed by atoms with Crippen molar-refractivity contribution in [3.05, 3.63) is 65.6 Å². The van der Waals surface area contributed by atoms with E-state index in [-0.39, 0.29) is 5.82 Å². The summed E-state index contributed by atoms with van der Waals surface area (Å²) < 4.78 is 13.1. The summed E-state index contributed by atoms with van der Waals surface area (Å²) in [7, 11) is 0. The molecule has 1 heterocycles. The molecule has 0 atom stereocenters. The SMILES string of the molecule is Cc1[nH]c2ccccc2c1CCNC(=S)Nc1cccc(F)c1. The predicted molar refractivity (Wildman–Crippen MR) is 97.4 cm³/mol. The van der Waals surface area contributed by atoms with Gasteiger partial charge in [-0.25, -0.2) is 4.39 Å². The van der Waals surface area contributed by atoms with Crippen molar-refractivity contribution >= 4 is 33.9 Å². The summed E-state index contributed by atoms with van der Waals surface area (Å²) in [6.45, 7) is 2.79. The zero-order valence-electron chi connectivity index (χ0n) is 12.8. The number of rotatable bonds is 4. The minimum atomic E-state index is -0.285. The monoisotopic (exact) mass is 327 g/mol. The average molecular weight is 327 g/mol. The van der Waals surface area contributed by atoms with Gasteiger partial charge in [-0.1, -0.05) is 24.3 Å². The number of nitrogens with one attached hydrogen (secondary N) is 3. The lowest BCUT2D eigenvalue weighted by Gasteiger charge is -2.10. The summed E-state index contributed by atoms with van der Waals surface area (Å²) >= 11 is 5.25. The van der Waals surface area contributed by atoms with E-state index < -0.39 is 0 Å². The van der Waals surface area contributed by atoms with Gasteiger partial charge in [-0.05, 0) is 55.4 Å². The number of H-pyrrole nitrogens is 1. The van der Waals surface area contributed by atoms with Gasteiger partial charge in [0.15, 0.2) is 5.11 Å². The molecule has 23 heavy (non-hydrogen) atoms. The number of hydrogen-bond donors (Lipinski definition) is 3. The van der Waals surface area contributed by atoms with Gasteiger partial charge >= 0.3 is 0 Å². The van der Waals surface area contributed by atoms with E-state index in [1.807, 2.05) is 12.1 Å². The molecule has 0 saturated carbocycles. The van der Waals surface area contributed by atoms with Crippen LogP contribution in [0.4, 0.5) is 10.1 Å². The third-order valence-corrected chi connectivity index (χ3v) is 4.02. The van der Waals surface area contributed by atoms with Crippen LogP contribution in [0.25, 0.3) is 10.9 Å². The van der Waals surface area contributed by atoms with Crippen LogP contribution < -0.4 is 10.6 Å². The number of thiocarbonyl (C=S) groups is 1. The summed E-state index contributed by atoms with van der Waals surface area (Å²) in [5.41, 5.74) is 4.27. The Kier molecular flexibility index (Phi) is 4.57. The molecule has 1 aromatic heterocycles. The van der Waals surface area contributed by atoms with Gasteiger partial charge in [0.05, 0.1) is 0 Å². The molecule has 3 aromatic rings. The molecule has 0 aliphatic carbocycles. The van der Waals surface area contributed by atoms with E-state index in [2.05, 4.69) is 34.7 Å². The van der Waals surface area contributed by atoms with Gasteiger partial charge in [0.1, 0.15) is 5.82 Å². The molecule has 3 N–H and O–H groups in total. The smallest absolute Gasteiger partial charge is 0.170 e. The number of aromatic amines is 1. The van der Waals surface area contributed by atoms with E-state index in [9.17, 15) is 4.39 Å². The number of halogens is 1. The molecule has 0 bridgehead atoms. The Labute approximate surface area is 139 Å². The van der Waals surface area contributed by atoms with Crippen LogP contribution in [0.3, 0.4) is 0 Å². The van der Waals surface area contributed by atoms with Crippen LogP contribution in [-0.4, -0.2) is 16.6 Å². The lowest BCUT2D eigenvalue weighted by atomic mass is 10.1. The summed E-state index contributed by atoms with van der Waals surface area (Å²) in [4.78, 5) is 3.39. The van der Waals surface area contributed by atoms with Crippen molar-refractivity contribution < 1.29 is 4.39 Å². The van der Waals surface area contributed by atoms with Crippen LogP contribution in [0.2, 0.25) is 0 Å². The van der Waals surface area contributed by atoms with Crippen molar-refractivity contribution in [1.29, 1.82) is 0 Å². The van der Waals surface area contributed by atoms with Crippen molar-refractivity contribution in [3.63, 3.8) is 0 Å². The Morgan fingerprint density at radius 1 is 1.17 bits per heavy atom. The Morgan fingerprint density at radius 2 is 2.00 bits per heavy atom. The van der Waals surface area contributed by atoms with Crippen LogP contribution in [0.1, 0.15) is 11.3 Å². The normalized spacial score (nSPS) is 10.7. The first kappa shape index (κ1) is 15.5. The largest absolute Gasteiger partial charge is 0.362 e. The highest BCUT2D eigenvalue weighted by atomic mass is 32.1. The number of aryl methyl sites for hydroxylation is 1. The van der Waals surface area contributed by atoms with Crippen LogP contribution in [0.15, 0.2) is 48.5 Å². The maximum Gasteiger partial charge on any atom is 0.170 e. The van der Waals surface area contributed by atoms with E-state index in [0.717, 1.165) is 11.9 Å².